The molecule has 0 radical (unpaired) electrons. The average Bonchev–Trinajstić information content (AvgIpc) is 2.27. The Morgan fingerprint density at radius 3 is 2.47 bits per heavy atom. The maximum atomic E-state index is 11.5. The standard InChI is InChI=1S/C14H21NOS/c1-14(2,3)17-11-13(16)15-10-9-12-7-5-4-6-8-12/h4-8H,9-11H2,1-3H3,(H,15,16). The second-order valence-corrected chi connectivity index (χ2v) is 6.79. The first kappa shape index (κ1) is 14.1. The number of hydrogen-bond acceptors (Lipinski definition) is 2. The molecule has 0 unspecified atom stereocenters. The number of benzene rings is 1. The third-order valence-electron chi connectivity index (χ3n) is 2.21. The first-order valence-corrected chi connectivity index (χ1v) is 6.90. The summed E-state index contributed by atoms with van der Waals surface area (Å²) in [5.41, 5.74) is 1.26. The molecule has 0 fully saturated rings. The Hall–Kier alpha value is -0.960. The highest BCUT2D eigenvalue weighted by Gasteiger charge is 2.12. The summed E-state index contributed by atoms with van der Waals surface area (Å²) in [5, 5.41) is 2.94. The molecule has 0 bridgehead atoms. The summed E-state index contributed by atoms with van der Waals surface area (Å²) >= 11 is 1.68. The number of amides is 1. The van der Waals surface area contributed by atoms with Gasteiger partial charge in [0.05, 0.1) is 5.75 Å². The fourth-order valence-electron chi connectivity index (χ4n) is 1.32. The molecule has 1 aromatic carbocycles. The number of rotatable bonds is 5. The minimum Gasteiger partial charge on any atom is -0.355 e. The lowest BCUT2D eigenvalue weighted by Gasteiger charge is -2.16. The highest BCUT2D eigenvalue weighted by Crippen LogP contribution is 2.22. The van der Waals surface area contributed by atoms with Crippen LogP contribution in [0.4, 0.5) is 0 Å². The summed E-state index contributed by atoms with van der Waals surface area (Å²) in [6.45, 7) is 7.08. The maximum absolute atomic E-state index is 11.5. The Bertz CT molecular complexity index is 343. The van der Waals surface area contributed by atoms with Gasteiger partial charge in [-0.1, -0.05) is 51.1 Å². The average molecular weight is 251 g/mol. The van der Waals surface area contributed by atoms with Crippen molar-refractivity contribution in [2.75, 3.05) is 12.3 Å². The van der Waals surface area contributed by atoms with Crippen molar-refractivity contribution in [3.05, 3.63) is 35.9 Å². The lowest BCUT2D eigenvalue weighted by Crippen LogP contribution is -2.28. The third kappa shape index (κ3) is 7.05. The smallest absolute Gasteiger partial charge is 0.230 e. The largest absolute Gasteiger partial charge is 0.355 e. The first-order chi connectivity index (χ1) is 7.97. The molecule has 1 rings (SSSR count). The van der Waals surface area contributed by atoms with Crippen molar-refractivity contribution in [1.29, 1.82) is 0 Å². The van der Waals surface area contributed by atoms with Gasteiger partial charge >= 0.3 is 0 Å². The SMILES string of the molecule is CC(C)(C)SCC(=O)NCCc1ccccc1. The van der Waals surface area contributed by atoms with Crippen molar-refractivity contribution in [2.45, 2.75) is 31.9 Å². The van der Waals surface area contributed by atoms with Crippen LogP contribution in [-0.2, 0) is 11.2 Å². The number of nitrogens with one attached hydrogen (secondary N) is 1. The van der Waals surface area contributed by atoms with E-state index in [1.165, 1.54) is 5.56 Å². The molecular formula is C14H21NOS. The summed E-state index contributed by atoms with van der Waals surface area (Å²) in [5.74, 6) is 0.666. The molecule has 0 heterocycles. The van der Waals surface area contributed by atoms with E-state index in [1.807, 2.05) is 18.2 Å². The van der Waals surface area contributed by atoms with Gasteiger partial charge < -0.3 is 5.32 Å². The maximum Gasteiger partial charge on any atom is 0.230 e. The summed E-state index contributed by atoms with van der Waals surface area (Å²) in [6, 6.07) is 10.2. The number of carbonyl (C=O) groups excluding carboxylic acids is 1. The van der Waals surface area contributed by atoms with E-state index < -0.39 is 0 Å². The zero-order valence-electron chi connectivity index (χ0n) is 10.8. The van der Waals surface area contributed by atoms with Crippen LogP contribution < -0.4 is 5.32 Å². The zero-order valence-corrected chi connectivity index (χ0v) is 11.6. The van der Waals surface area contributed by atoms with E-state index >= 15 is 0 Å². The van der Waals surface area contributed by atoms with Crippen LogP contribution in [-0.4, -0.2) is 23.0 Å². The predicted octanol–water partition coefficient (Wildman–Crippen LogP) is 2.88. The third-order valence-corrected chi connectivity index (χ3v) is 3.49. The van der Waals surface area contributed by atoms with Crippen LogP contribution in [0.3, 0.4) is 0 Å². The summed E-state index contributed by atoms with van der Waals surface area (Å²) in [4.78, 5) is 11.5. The van der Waals surface area contributed by atoms with E-state index in [0.29, 0.717) is 12.3 Å². The molecule has 0 aliphatic carbocycles. The lowest BCUT2D eigenvalue weighted by molar-refractivity contribution is -0.118. The van der Waals surface area contributed by atoms with Crippen molar-refractivity contribution < 1.29 is 4.79 Å². The van der Waals surface area contributed by atoms with Crippen molar-refractivity contribution in [2.24, 2.45) is 0 Å². The van der Waals surface area contributed by atoms with Gasteiger partial charge in [-0.3, -0.25) is 4.79 Å². The summed E-state index contributed by atoms with van der Waals surface area (Å²) in [6.07, 6.45) is 0.896. The molecule has 0 atom stereocenters. The van der Waals surface area contributed by atoms with Gasteiger partial charge in [0.1, 0.15) is 0 Å². The highest BCUT2D eigenvalue weighted by molar-refractivity contribution is 8.01. The van der Waals surface area contributed by atoms with Crippen LogP contribution in [0.25, 0.3) is 0 Å². The van der Waals surface area contributed by atoms with Crippen LogP contribution in [0.5, 0.6) is 0 Å². The van der Waals surface area contributed by atoms with Crippen LogP contribution in [0.1, 0.15) is 26.3 Å². The van der Waals surface area contributed by atoms with Crippen molar-refractivity contribution in [3.8, 4) is 0 Å². The number of carbonyl (C=O) groups is 1. The molecule has 0 aliphatic rings. The molecular weight excluding hydrogens is 230 g/mol. The molecule has 94 valence electrons. The molecule has 0 saturated carbocycles. The Labute approximate surface area is 108 Å². The summed E-state index contributed by atoms with van der Waals surface area (Å²) < 4.78 is 0.150. The molecule has 0 saturated heterocycles. The Morgan fingerprint density at radius 2 is 1.88 bits per heavy atom. The monoisotopic (exact) mass is 251 g/mol. The number of thioether (sulfide) groups is 1. The molecule has 17 heavy (non-hydrogen) atoms. The van der Waals surface area contributed by atoms with Crippen LogP contribution in [0, 0.1) is 0 Å². The molecule has 3 heteroatoms. The van der Waals surface area contributed by atoms with Crippen molar-refractivity contribution in [3.63, 3.8) is 0 Å². The van der Waals surface area contributed by atoms with Crippen molar-refractivity contribution >= 4 is 17.7 Å². The van der Waals surface area contributed by atoms with Gasteiger partial charge in [-0.25, -0.2) is 0 Å². The zero-order chi connectivity index (χ0) is 12.7. The first-order valence-electron chi connectivity index (χ1n) is 5.92. The molecule has 0 aromatic heterocycles. The Morgan fingerprint density at radius 1 is 1.24 bits per heavy atom. The van der Waals surface area contributed by atoms with E-state index in [-0.39, 0.29) is 10.7 Å². The second-order valence-electron chi connectivity index (χ2n) is 4.99. The van der Waals surface area contributed by atoms with Crippen LogP contribution in [0.2, 0.25) is 0 Å². The molecule has 2 nitrogen and oxygen atoms in total. The van der Waals surface area contributed by atoms with Gasteiger partial charge in [0, 0.05) is 11.3 Å². The fourth-order valence-corrected chi connectivity index (χ4v) is 1.99. The van der Waals surface area contributed by atoms with E-state index in [1.54, 1.807) is 11.8 Å². The molecule has 1 amide bonds. The van der Waals surface area contributed by atoms with Gasteiger partial charge in [0.2, 0.25) is 5.91 Å². The van der Waals surface area contributed by atoms with Gasteiger partial charge in [-0.05, 0) is 12.0 Å². The fraction of sp³-hybridized carbons (Fsp3) is 0.500. The van der Waals surface area contributed by atoms with E-state index in [9.17, 15) is 4.79 Å². The molecule has 0 spiro atoms. The van der Waals surface area contributed by atoms with Crippen molar-refractivity contribution in [1.82, 2.24) is 5.32 Å². The summed E-state index contributed by atoms with van der Waals surface area (Å²) in [7, 11) is 0. The minimum absolute atomic E-state index is 0.126. The Kier molecular flexibility index (Phi) is 5.56. The molecule has 0 aliphatic heterocycles. The topological polar surface area (TPSA) is 29.1 Å². The Balaban J connectivity index is 2.17. The minimum atomic E-state index is 0.126. The van der Waals surface area contributed by atoms with Gasteiger partial charge in [0.15, 0.2) is 0 Å². The molecule has 1 aromatic rings. The van der Waals surface area contributed by atoms with Gasteiger partial charge in [0.25, 0.3) is 0 Å². The number of hydrogen-bond donors (Lipinski definition) is 1. The highest BCUT2D eigenvalue weighted by atomic mass is 32.2. The second kappa shape index (κ2) is 6.70. The normalized spacial score (nSPS) is 11.2. The van der Waals surface area contributed by atoms with E-state index in [0.717, 1.165) is 6.42 Å². The van der Waals surface area contributed by atoms with E-state index in [4.69, 9.17) is 0 Å². The van der Waals surface area contributed by atoms with Gasteiger partial charge in [-0.15, -0.1) is 11.8 Å². The van der Waals surface area contributed by atoms with Crippen LogP contribution in [0.15, 0.2) is 30.3 Å². The van der Waals surface area contributed by atoms with E-state index in [2.05, 4.69) is 38.2 Å². The molecule has 1 N–H and O–H groups in total. The quantitative estimate of drug-likeness (QED) is 0.872. The van der Waals surface area contributed by atoms with Gasteiger partial charge in [-0.2, -0.15) is 0 Å². The van der Waals surface area contributed by atoms with Crippen LogP contribution >= 0.6 is 11.8 Å². The predicted molar refractivity (Wildman–Crippen MR) is 75.4 cm³/mol. The lowest BCUT2D eigenvalue weighted by atomic mass is 10.1.